The average molecular weight is 197 g/mol. The lowest BCUT2D eigenvalue weighted by Crippen LogP contribution is -2.63. The van der Waals surface area contributed by atoms with E-state index in [1.165, 1.54) is 32.1 Å². The van der Waals surface area contributed by atoms with Gasteiger partial charge in [0.15, 0.2) is 0 Å². The number of nitrogens with zero attached hydrogens (tertiary/aromatic N) is 1. The third-order valence-electron chi connectivity index (χ3n) is 4.33. The van der Waals surface area contributed by atoms with E-state index in [4.69, 9.17) is 0 Å². The minimum atomic E-state index is -0.766. The summed E-state index contributed by atoms with van der Waals surface area (Å²) in [6.07, 6.45) is 9.06. The Kier molecular flexibility index (Phi) is 2.08. The second-order valence-electron chi connectivity index (χ2n) is 5.51. The van der Waals surface area contributed by atoms with Crippen LogP contribution in [0.5, 0.6) is 0 Å². The van der Waals surface area contributed by atoms with Gasteiger partial charge in [0, 0.05) is 19.1 Å². The minimum absolute atomic E-state index is 0.433. The largest absolute Gasteiger partial charge is 0.294 e. The molecule has 0 N–H and O–H groups in total. The van der Waals surface area contributed by atoms with Crippen LogP contribution >= 0.6 is 0 Å². The van der Waals surface area contributed by atoms with Gasteiger partial charge in [0.05, 0.1) is 0 Å². The summed E-state index contributed by atoms with van der Waals surface area (Å²) < 4.78 is 14.1. The number of rotatable bonds is 2. The number of hydrogen-bond acceptors (Lipinski definition) is 1. The van der Waals surface area contributed by atoms with Crippen molar-refractivity contribution in [1.29, 1.82) is 0 Å². The predicted molar refractivity (Wildman–Crippen MR) is 55.0 cm³/mol. The molecular formula is C12H20FN. The maximum atomic E-state index is 14.1. The first-order chi connectivity index (χ1) is 6.78. The first-order valence-corrected chi connectivity index (χ1v) is 6.21. The van der Waals surface area contributed by atoms with E-state index in [9.17, 15) is 4.39 Å². The lowest BCUT2D eigenvalue weighted by molar-refractivity contribution is -0.0780. The Morgan fingerprint density at radius 1 is 0.929 bits per heavy atom. The van der Waals surface area contributed by atoms with E-state index in [-0.39, 0.29) is 0 Å². The lowest BCUT2D eigenvalue weighted by atomic mass is 9.85. The third kappa shape index (κ3) is 1.48. The van der Waals surface area contributed by atoms with Gasteiger partial charge in [-0.3, -0.25) is 4.90 Å². The SMILES string of the molecule is FC1(C2CC2)CN(C2CCCCC2)C1. The Hall–Kier alpha value is -0.110. The monoisotopic (exact) mass is 197 g/mol. The van der Waals surface area contributed by atoms with Gasteiger partial charge < -0.3 is 0 Å². The number of likely N-dealkylation sites (tertiary alicyclic amines) is 1. The van der Waals surface area contributed by atoms with Crippen molar-refractivity contribution in [3.05, 3.63) is 0 Å². The Balaban J connectivity index is 1.52. The highest BCUT2D eigenvalue weighted by Crippen LogP contribution is 2.48. The summed E-state index contributed by atoms with van der Waals surface area (Å²) in [4.78, 5) is 2.40. The molecular weight excluding hydrogens is 177 g/mol. The Bertz CT molecular complexity index is 212. The quantitative estimate of drug-likeness (QED) is 0.658. The van der Waals surface area contributed by atoms with E-state index in [1.807, 2.05) is 0 Å². The molecule has 0 spiro atoms. The Morgan fingerprint density at radius 3 is 2.14 bits per heavy atom. The number of hydrogen-bond donors (Lipinski definition) is 0. The zero-order valence-corrected chi connectivity index (χ0v) is 8.84. The van der Waals surface area contributed by atoms with Gasteiger partial charge in [0.25, 0.3) is 0 Å². The normalized spacial score (nSPS) is 34.1. The molecule has 3 aliphatic rings. The maximum absolute atomic E-state index is 14.1. The molecule has 1 nitrogen and oxygen atoms in total. The highest BCUT2D eigenvalue weighted by atomic mass is 19.1. The van der Waals surface area contributed by atoms with Crippen LogP contribution in [-0.4, -0.2) is 29.7 Å². The smallest absolute Gasteiger partial charge is 0.139 e. The van der Waals surface area contributed by atoms with E-state index in [0.717, 1.165) is 32.0 Å². The van der Waals surface area contributed by atoms with Gasteiger partial charge in [-0.25, -0.2) is 4.39 Å². The van der Waals surface area contributed by atoms with Crippen molar-refractivity contribution in [1.82, 2.24) is 4.90 Å². The van der Waals surface area contributed by atoms with E-state index >= 15 is 0 Å². The van der Waals surface area contributed by atoms with E-state index in [1.54, 1.807) is 0 Å². The van der Waals surface area contributed by atoms with Crippen molar-refractivity contribution in [2.45, 2.75) is 56.7 Å². The molecule has 0 atom stereocenters. The molecule has 2 aliphatic carbocycles. The van der Waals surface area contributed by atoms with Crippen LogP contribution in [0.2, 0.25) is 0 Å². The molecule has 2 heteroatoms. The van der Waals surface area contributed by atoms with Crippen molar-refractivity contribution >= 4 is 0 Å². The van der Waals surface area contributed by atoms with E-state index in [0.29, 0.717) is 5.92 Å². The fourth-order valence-corrected chi connectivity index (χ4v) is 3.19. The van der Waals surface area contributed by atoms with Crippen LogP contribution < -0.4 is 0 Å². The topological polar surface area (TPSA) is 3.24 Å². The van der Waals surface area contributed by atoms with Crippen molar-refractivity contribution in [3.8, 4) is 0 Å². The van der Waals surface area contributed by atoms with Gasteiger partial charge in [-0.05, 0) is 31.6 Å². The van der Waals surface area contributed by atoms with Crippen LogP contribution in [0.4, 0.5) is 4.39 Å². The van der Waals surface area contributed by atoms with Crippen LogP contribution in [-0.2, 0) is 0 Å². The molecule has 0 aromatic rings. The molecule has 14 heavy (non-hydrogen) atoms. The molecule has 1 heterocycles. The number of halogens is 1. The van der Waals surface area contributed by atoms with Gasteiger partial charge in [0.2, 0.25) is 0 Å². The number of alkyl halides is 1. The third-order valence-corrected chi connectivity index (χ3v) is 4.33. The molecule has 0 radical (unpaired) electrons. The predicted octanol–water partition coefficient (Wildman–Crippen LogP) is 2.75. The van der Waals surface area contributed by atoms with Crippen molar-refractivity contribution in [3.63, 3.8) is 0 Å². The summed E-state index contributed by atoms with van der Waals surface area (Å²) >= 11 is 0. The van der Waals surface area contributed by atoms with Gasteiger partial charge in [-0.1, -0.05) is 19.3 Å². The van der Waals surface area contributed by atoms with Crippen LogP contribution in [0.1, 0.15) is 44.9 Å². The van der Waals surface area contributed by atoms with Crippen molar-refractivity contribution < 1.29 is 4.39 Å². The van der Waals surface area contributed by atoms with Crippen LogP contribution in [0, 0.1) is 5.92 Å². The highest BCUT2D eigenvalue weighted by Gasteiger charge is 2.54. The van der Waals surface area contributed by atoms with Crippen LogP contribution in [0.3, 0.4) is 0 Å². The van der Waals surface area contributed by atoms with Gasteiger partial charge in [-0.15, -0.1) is 0 Å². The molecule has 3 fully saturated rings. The molecule has 0 amide bonds. The highest BCUT2D eigenvalue weighted by molar-refractivity contribution is 5.07. The molecule has 0 bridgehead atoms. The van der Waals surface area contributed by atoms with Crippen LogP contribution in [0.15, 0.2) is 0 Å². The second kappa shape index (κ2) is 3.19. The molecule has 80 valence electrons. The Morgan fingerprint density at radius 2 is 1.57 bits per heavy atom. The second-order valence-corrected chi connectivity index (χ2v) is 5.51. The van der Waals surface area contributed by atoms with Gasteiger partial charge in [0.1, 0.15) is 5.67 Å². The summed E-state index contributed by atoms with van der Waals surface area (Å²) in [5.41, 5.74) is -0.766. The molecule has 0 aromatic carbocycles. The molecule has 0 aromatic heterocycles. The fourth-order valence-electron chi connectivity index (χ4n) is 3.19. The molecule has 1 aliphatic heterocycles. The minimum Gasteiger partial charge on any atom is -0.294 e. The summed E-state index contributed by atoms with van der Waals surface area (Å²) in [5, 5.41) is 0. The maximum Gasteiger partial charge on any atom is 0.139 e. The van der Waals surface area contributed by atoms with Crippen molar-refractivity contribution in [2.24, 2.45) is 5.92 Å². The zero-order valence-electron chi connectivity index (χ0n) is 8.84. The standard InChI is InChI=1S/C12H20FN/c13-12(10-6-7-10)8-14(9-12)11-4-2-1-3-5-11/h10-11H,1-9H2. The Labute approximate surface area is 85.7 Å². The average Bonchev–Trinajstić information content (AvgIpc) is 2.98. The molecule has 2 saturated carbocycles. The lowest BCUT2D eigenvalue weighted by Gasteiger charge is -2.50. The fraction of sp³-hybridized carbons (Fsp3) is 1.00. The van der Waals surface area contributed by atoms with Crippen LogP contribution in [0.25, 0.3) is 0 Å². The summed E-state index contributed by atoms with van der Waals surface area (Å²) in [7, 11) is 0. The summed E-state index contributed by atoms with van der Waals surface area (Å²) in [6.45, 7) is 1.50. The van der Waals surface area contributed by atoms with E-state index in [2.05, 4.69) is 4.90 Å². The molecule has 0 unspecified atom stereocenters. The zero-order chi connectivity index (χ0) is 9.60. The molecule has 1 saturated heterocycles. The summed E-state index contributed by atoms with van der Waals surface area (Å²) in [6, 6.07) is 0.728. The molecule has 3 rings (SSSR count). The van der Waals surface area contributed by atoms with Crippen molar-refractivity contribution in [2.75, 3.05) is 13.1 Å². The van der Waals surface area contributed by atoms with Gasteiger partial charge in [-0.2, -0.15) is 0 Å². The summed E-state index contributed by atoms with van der Waals surface area (Å²) in [5.74, 6) is 0.433. The van der Waals surface area contributed by atoms with E-state index < -0.39 is 5.67 Å². The van der Waals surface area contributed by atoms with Gasteiger partial charge >= 0.3 is 0 Å². The first kappa shape index (κ1) is 9.14. The first-order valence-electron chi connectivity index (χ1n) is 6.21.